The quantitative estimate of drug-likeness (QED) is 0.758. The van der Waals surface area contributed by atoms with Gasteiger partial charge in [-0.2, -0.15) is 0 Å². The van der Waals surface area contributed by atoms with E-state index >= 15 is 0 Å². The minimum atomic E-state index is -0.995. The molecule has 0 fully saturated rings. The summed E-state index contributed by atoms with van der Waals surface area (Å²) in [6.45, 7) is 0.287. The fourth-order valence-corrected chi connectivity index (χ4v) is 3.04. The lowest BCUT2D eigenvalue weighted by atomic mass is 10.2. The molecular formula is C13H11Br2N3O3. The summed E-state index contributed by atoms with van der Waals surface area (Å²) in [5.41, 5.74) is 1.45. The van der Waals surface area contributed by atoms with Crippen LogP contribution in [0, 0.1) is 0 Å². The molecule has 2 aromatic rings. The summed E-state index contributed by atoms with van der Waals surface area (Å²) in [5, 5.41) is 16.4. The van der Waals surface area contributed by atoms with E-state index in [4.69, 9.17) is 9.84 Å². The van der Waals surface area contributed by atoms with Crippen LogP contribution in [0.25, 0.3) is 6.08 Å². The molecule has 0 saturated carbocycles. The molecule has 0 amide bonds. The van der Waals surface area contributed by atoms with Crippen LogP contribution in [0.3, 0.4) is 0 Å². The Morgan fingerprint density at radius 3 is 2.62 bits per heavy atom. The predicted octanol–water partition coefficient (Wildman–Crippen LogP) is 3.02. The van der Waals surface area contributed by atoms with Gasteiger partial charge in [0.15, 0.2) is 0 Å². The average molecular weight is 417 g/mol. The molecule has 8 heteroatoms. The maximum absolute atomic E-state index is 10.5. The number of hydrogen-bond acceptors (Lipinski definition) is 4. The zero-order chi connectivity index (χ0) is 15.4. The van der Waals surface area contributed by atoms with Crippen molar-refractivity contribution in [3.05, 3.63) is 44.6 Å². The molecule has 1 heterocycles. The first-order valence-electron chi connectivity index (χ1n) is 5.84. The molecule has 0 spiro atoms. The number of aryl methyl sites for hydroxylation is 1. The van der Waals surface area contributed by atoms with Gasteiger partial charge in [0, 0.05) is 13.1 Å². The van der Waals surface area contributed by atoms with Crippen molar-refractivity contribution in [2.45, 2.75) is 6.61 Å². The van der Waals surface area contributed by atoms with Crippen molar-refractivity contribution in [1.29, 1.82) is 0 Å². The number of ether oxygens (including phenoxy) is 1. The van der Waals surface area contributed by atoms with E-state index in [0.717, 1.165) is 11.6 Å². The number of aliphatic carboxylic acids is 1. The maximum Gasteiger partial charge on any atom is 0.328 e. The third-order valence-corrected chi connectivity index (χ3v) is 3.63. The minimum Gasteiger partial charge on any atom is -0.485 e. The number of carbonyl (C=O) groups is 1. The van der Waals surface area contributed by atoms with Gasteiger partial charge in [0.1, 0.15) is 18.1 Å². The second-order valence-corrected chi connectivity index (χ2v) is 5.87. The van der Waals surface area contributed by atoms with E-state index in [0.29, 0.717) is 20.4 Å². The van der Waals surface area contributed by atoms with E-state index in [2.05, 4.69) is 42.2 Å². The molecule has 0 bridgehead atoms. The first-order valence-corrected chi connectivity index (χ1v) is 7.42. The highest BCUT2D eigenvalue weighted by Gasteiger charge is 2.09. The van der Waals surface area contributed by atoms with E-state index in [1.165, 1.54) is 6.08 Å². The number of aromatic nitrogens is 3. The van der Waals surface area contributed by atoms with E-state index in [9.17, 15) is 4.79 Å². The van der Waals surface area contributed by atoms with Crippen LogP contribution in [0.5, 0.6) is 5.75 Å². The van der Waals surface area contributed by atoms with Gasteiger partial charge in [-0.05, 0) is 55.6 Å². The molecule has 1 N–H and O–H groups in total. The van der Waals surface area contributed by atoms with Crippen LogP contribution in [-0.4, -0.2) is 26.1 Å². The zero-order valence-corrected chi connectivity index (χ0v) is 14.1. The summed E-state index contributed by atoms with van der Waals surface area (Å²) < 4.78 is 8.72. The molecule has 1 aromatic carbocycles. The average Bonchev–Trinajstić information content (AvgIpc) is 2.81. The topological polar surface area (TPSA) is 77.2 Å². The Labute approximate surface area is 137 Å². The van der Waals surface area contributed by atoms with Crippen molar-refractivity contribution in [3.8, 4) is 5.75 Å². The number of rotatable bonds is 5. The number of nitrogens with zero attached hydrogens (tertiary/aromatic N) is 3. The van der Waals surface area contributed by atoms with Crippen molar-refractivity contribution in [3.63, 3.8) is 0 Å². The van der Waals surface area contributed by atoms with Gasteiger partial charge >= 0.3 is 5.97 Å². The van der Waals surface area contributed by atoms with E-state index in [1.54, 1.807) is 30.1 Å². The number of carboxylic acid groups (broad SMARTS) is 1. The summed E-state index contributed by atoms with van der Waals surface area (Å²) in [7, 11) is 1.78. The molecule has 110 valence electrons. The Morgan fingerprint density at radius 2 is 2.10 bits per heavy atom. The fraction of sp³-hybridized carbons (Fsp3) is 0.154. The number of carboxylic acids is 1. The van der Waals surface area contributed by atoms with Crippen LogP contribution in [0.15, 0.2) is 33.4 Å². The fourth-order valence-electron chi connectivity index (χ4n) is 1.59. The minimum absolute atomic E-state index is 0.287. The van der Waals surface area contributed by atoms with Gasteiger partial charge in [-0.15, -0.1) is 5.10 Å². The number of halogens is 2. The van der Waals surface area contributed by atoms with Crippen molar-refractivity contribution in [1.82, 2.24) is 15.0 Å². The highest BCUT2D eigenvalue weighted by Crippen LogP contribution is 2.35. The maximum atomic E-state index is 10.5. The largest absolute Gasteiger partial charge is 0.485 e. The molecule has 0 saturated heterocycles. The van der Waals surface area contributed by atoms with Gasteiger partial charge in [0.2, 0.25) is 0 Å². The molecule has 2 rings (SSSR count). The van der Waals surface area contributed by atoms with Crippen LogP contribution < -0.4 is 4.74 Å². The van der Waals surface area contributed by atoms with Crippen molar-refractivity contribution < 1.29 is 14.6 Å². The summed E-state index contributed by atoms with van der Waals surface area (Å²) in [6, 6.07) is 3.55. The SMILES string of the molecule is Cn1cc(COc2c(Br)cc(/C=C/C(=O)O)cc2Br)nn1. The van der Waals surface area contributed by atoms with E-state index in [-0.39, 0.29) is 6.61 Å². The molecular weight excluding hydrogens is 406 g/mol. The third kappa shape index (κ3) is 4.40. The standard InChI is InChI=1S/C13H11Br2N3O3/c1-18-6-9(16-17-18)7-21-13-10(14)4-8(5-11(13)15)2-3-12(19)20/h2-6H,7H2,1H3,(H,19,20)/b3-2+. The second kappa shape index (κ2) is 6.86. The van der Waals surface area contributed by atoms with E-state index in [1.807, 2.05) is 0 Å². The van der Waals surface area contributed by atoms with E-state index < -0.39 is 5.97 Å². The second-order valence-electron chi connectivity index (χ2n) is 4.16. The number of benzene rings is 1. The Kier molecular flexibility index (Phi) is 5.13. The first kappa shape index (κ1) is 15.7. The van der Waals surface area contributed by atoms with Crippen LogP contribution in [0.4, 0.5) is 0 Å². The normalized spacial score (nSPS) is 11.0. The summed E-state index contributed by atoms with van der Waals surface area (Å²) in [4.78, 5) is 10.5. The molecule has 0 aliphatic rings. The molecule has 1 aromatic heterocycles. The van der Waals surface area contributed by atoms with Crippen LogP contribution in [0.2, 0.25) is 0 Å². The molecule has 21 heavy (non-hydrogen) atoms. The molecule has 0 atom stereocenters. The van der Waals surface area contributed by atoms with Gasteiger partial charge in [-0.3, -0.25) is 4.68 Å². The van der Waals surface area contributed by atoms with Gasteiger partial charge in [0.05, 0.1) is 15.1 Å². The zero-order valence-electron chi connectivity index (χ0n) is 11.0. The highest BCUT2D eigenvalue weighted by atomic mass is 79.9. The lowest BCUT2D eigenvalue weighted by molar-refractivity contribution is -0.131. The van der Waals surface area contributed by atoms with Gasteiger partial charge in [-0.25, -0.2) is 4.79 Å². The first-order chi connectivity index (χ1) is 9.95. The lowest BCUT2D eigenvalue weighted by Crippen LogP contribution is -1.98. The van der Waals surface area contributed by atoms with Crippen LogP contribution >= 0.6 is 31.9 Å². The highest BCUT2D eigenvalue weighted by molar-refractivity contribution is 9.11. The van der Waals surface area contributed by atoms with Crippen LogP contribution in [0.1, 0.15) is 11.3 Å². The summed E-state index contributed by atoms with van der Waals surface area (Å²) in [5.74, 6) is -0.377. The van der Waals surface area contributed by atoms with Gasteiger partial charge < -0.3 is 9.84 Å². The Bertz CT molecular complexity index is 675. The number of hydrogen-bond donors (Lipinski definition) is 1. The van der Waals surface area contributed by atoms with Crippen molar-refractivity contribution in [2.24, 2.45) is 7.05 Å². The Morgan fingerprint density at radius 1 is 1.43 bits per heavy atom. The monoisotopic (exact) mass is 415 g/mol. The lowest BCUT2D eigenvalue weighted by Gasteiger charge is -2.10. The van der Waals surface area contributed by atoms with Crippen molar-refractivity contribution in [2.75, 3.05) is 0 Å². The smallest absolute Gasteiger partial charge is 0.328 e. The predicted molar refractivity (Wildman–Crippen MR) is 83.8 cm³/mol. The molecule has 0 aliphatic carbocycles. The Hall–Kier alpha value is -1.67. The summed E-state index contributed by atoms with van der Waals surface area (Å²) >= 11 is 6.81. The van der Waals surface area contributed by atoms with Gasteiger partial charge in [0.25, 0.3) is 0 Å². The van der Waals surface area contributed by atoms with Gasteiger partial charge in [-0.1, -0.05) is 5.21 Å². The molecule has 6 nitrogen and oxygen atoms in total. The van der Waals surface area contributed by atoms with Crippen LogP contribution in [-0.2, 0) is 18.4 Å². The Balaban J connectivity index is 2.15. The van der Waals surface area contributed by atoms with Crippen molar-refractivity contribution >= 4 is 43.9 Å². The molecule has 0 aliphatic heterocycles. The molecule has 0 radical (unpaired) electrons. The summed E-state index contributed by atoms with van der Waals surface area (Å²) in [6.07, 6.45) is 4.35. The molecule has 0 unspecified atom stereocenters. The third-order valence-electron chi connectivity index (χ3n) is 2.45.